The second kappa shape index (κ2) is 6.65. The smallest absolute Gasteiger partial charge is 0.330 e. The molecule has 1 fully saturated rings. The molecule has 3 rings (SSSR count). The zero-order valence-corrected chi connectivity index (χ0v) is 12.7. The van der Waals surface area contributed by atoms with Gasteiger partial charge in [-0.1, -0.05) is 48.9 Å². The van der Waals surface area contributed by atoms with Gasteiger partial charge in [-0.05, 0) is 42.0 Å². The SMILES string of the molecule is O=C(N[C@@H](C(=O)O)c1ccccc1)c1ccc(C2CCC2)cc1. The molecule has 0 radical (unpaired) electrons. The molecule has 0 unspecified atom stereocenters. The average Bonchev–Trinajstić information content (AvgIpc) is 2.52. The molecule has 0 heterocycles. The van der Waals surface area contributed by atoms with E-state index in [9.17, 15) is 14.7 Å². The van der Waals surface area contributed by atoms with Crippen molar-refractivity contribution in [1.82, 2.24) is 5.32 Å². The Morgan fingerprint density at radius 2 is 1.65 bits per heavy atom. The minimum atomic E-state index is -1.07. The van der Waals surface area contributed by atoms with Crippen molar-refractivity contribution >= 4 is 11.9 Å². The Labute approximate surface area is 135 Å². The summed E-state index contributed by atoms with van der Waals surface area (Å²) in [5.74, 6) is -0.833. The van der Waals surface area contributed by atoms with Crippen molar-refractivity contribution in [3.63, 3.8) is 0 Å². The van der Waals surface area contributed by atoms with Crippen LogP contribution in [0.4, 0.5) is 0 Å². The molecule has 1 amide bonds. The fraction of sp³-hybridized carbons (Fsp3) is 0.263. The van der Waals surface area contributed by atoms with Crippen LogP contribution >= 0.6 is 0 Å². The number of carbonyl (C=O) groups is 2. The molecule has 4 heteroatoms. The van der Waals surface area contributed by atoms with Gasteiger partial charge in [-0.25, -0.2) is 4.79 Å². The van der Waals surface area contributed by atoms with Crippen LogP contribution in [-0.2, 0) is 4.79 Å². The Bertz CT molecular complexity index is 690. The quantitative estimate of drug-likeness (QED) is 0.888. The van der Waals surface area contributed by atoms with Gasteiger partial charge in [0.15, 0.2) is 6.04 Å². The maximum Gasteiger partial charge on any atom is 0.330 e. The van der Waals surface area contributed by atoms with Crippen LogP contribution in [-0.4, -0.2) is 17.0 Å². The minimum absolute atomic E-state index is 0.374. The number of rotatable bonds is 5. The Hall–Kier alpha value is -2.62. The molecule has 2 N–H and O–H groups in total. The first-order chi connectivity index (χ1) is 11.1. The van der Waals surface area contributed by atoms with Crippen LogP contribution in [0.15, 0.2) is 54.6 Å². The fourth-order valence-electron chi connectivity index (χ4n) is 2.80. The Morgan fingerprint density at radius 1 is 1.00 bits per heavy atom. The fourth-order valence-corrected chi connectivity index (χ4v) is 2.80. The molecule has 1 atom stereocenters. The van der Waals surface area contributed by atoms with E-state index in [2.05, 4.69) is 5.32 Å². The van der Waals surface area contributed by atoms with E-state index in [0.29, 0.717) is 17.0 Å². The monoisotopic (exact) mass is 309 g/mol. The molecular formula is C19H19NO3. The van der Waals surface area contributed by atoms with E-state index in [1.165, 1.54) is 24.8 Å². The predicted molar refractivity (Wildman–Crippen MR) is 87.3 cm³/mol. The third kappa shape index (κ3) is 3.42. The molecule has 118 valence electrons. The van der Waals surface area contributed by atoms with E-state index >= 15 is 0 Å². The van der Waals surface area contributed by atoms with Gasteiger partial charge in [-0.3, -0.25) is 4.79 Å². The van der Waals surface area contributed by atoms with Crippen LogP contribution in [0.25, 0.3) is 0 Å². The van der Waals surface area contributed by atoms with Gasteiger partial charge in [-0.2, -0.15) is 0 Å². The van der Waals surface area contributed by atoms with Crippen LogP contribution in [0.1, 0.15) is 52.7 Å². The van der Waals surface area contributed by atoms with Gasteiger partial charge < -0.3 is 10.4 Å². The highest BCUT2D eigenvalue weighted by Gasteiger charge is 2.23. The van der Waals surface area contributed by atoms with Crippen LogP contribution in [0.3, 0.4) is 0 Å². The van der Waals surface area contributed by atoms with Crippen molar-refractivity contribution in [2.45, 2.75) is 31.2 Å². The van der Waals surface area contributed by atoms with Crippen LogP contribution in [0, 0.1) is 0 Å². The molecule has 2 aromatic rings. The van der Waals surface area contributed by atoms with Gasteiger partial charge in [0.1, 0.15) is 0 Å². The normalized spacial score (nSPS) is 15.5. The first-order valence-corrected chi connectivity index (χ1v) is 7.84. The van der Waals surface area contributed by atoms with E-state index in [4.69, 9.17) is 0 Å². The lowest BCUT2D eigenvalue weighted by Crippen LogP contribution is -2.33. The van der Waals surface area contributed by atoms with Crippen LogP contribution in [0.5, 0.6) is 0 Å². The van der Waals surface area contributed by atoms with E-state index in [1.54, 1.807) is 36.4 Å². The number of hydrogen-bond acceptors (Lipinski definition) is 2. The number of carbonyl (C=O) groups excluding carboxylic acids is 1. The van der Waals surface area contributed by atoms with Gasteiger partial charge in [0.2, 0.25) is 0 Å². The molecule has 0 saturated heterocycles. The second-order valence-electron chi connectivity index (χ2n) is 5.91. The number of aliphatic carboxylic acids is 1. The second-order valence-corrected chi connectivity index (χ2v) is 5.91. The van der Waals surface area contributed by atoms with Gasteiger partial charge in [0, 0.05) is 5.56 Å². The van der Waals surface area contributed by atoms with Crippen molar-refractivity contribution in [2.24, 2.45) is 0 Å². The Kier molecular flexibility index (Phi) is 4.42. The van der Waals surface area contributed by atoms with Crippen molar-refractivity contribution in [2.75, 3.05) is 0 Å². The minimum Gasteiger partial charge on any atom is -0.479 e. The summed E-state index contributed by atoms with van der Waals surface area (Å²) in [5.41, 5.74) is 2.29. The summed E-state index contributed by atoms with van der Waals surface area (Å²) in [5, 5.41) is 12.0. The number of hydrogen-bond donors (Lipinski definition) is 2. The standard InChI is InChI=1S/C19H19NO3/c21-18(16-11-9-14(10-12-16)13-7-4-8-13)20-17(19(22)23)15-5-2-1-3-6-15/h1-3,5-6,9-13,17H,4,7-8H2,(H,20,21)(H,22,23)/t17-/m1/s1. The summed E-state index contributed by atoms with van der Waals surface area (Å²) in [4.78, 5) is 23.8. The lowest BCUT2D eigenvalue weighted by atomic mass is 9.80. The average molecular weight is 309 g/mol. The zero-order chi connectivity index (χ0) is 16.2. The summed E-state index contributed by atoms with van der Waals surface area (Å²) in [6, 6.07) is 15.1. The Morgan fingerprint density at radius 3 is 2.17 bits per heavy atom. The molecule has 0 aliphatic heterocycles. The van der Waals surface area contributed by atoms with E-state index in [1.807, 2.05) is 18.2 Å². The molecule has 1 aliphatic carbocycles. The summed E-state index contributed by atoms with van der Waals surface area (Å²) in [6.07, 6.45) is 3.69. The van der Waals surface area contributed by atoms with Crippen molar-refractivity contribution in [3.8, 4) is 0 Å². The molecule has 1 saturated carbocycles. The summed E-state index contributed by atoms with van der Waals surface area (Å²) < 4.78 is 0. The molecule has 0 aromatic heterocycles. The van der Waals surface area contributed by atoms with Crippen LogP contribution in [0.2, 0.25) is 0 Å². The zero-order valence-electron chi connectivity index (χ0n) is 12.7. The lowest BCUT2D eigenvalue weighted by molar-refractivity contribution is -0.139. The maximum atomic E-state index is 12.3. The Balaban J connectivity index is 1.72. The van der Waals surface area contributed by atoms with Crippen molar-refractivity contribution in [3.05, 3.63) is 71.3 Å². The van der Waals surface area contributed by atoms with E-state index in [-0.39, 0.29) is 5.91 Å². The summed E-state index contributed by atoms with van der Waals surface area (Å²) in [7, 11) is 0. The van der Waals surface area contributed by atoms with Gasteiger partial charge in [0.05, 0.1) is 0 Å². The molecule has 1 aliphatic rings. The summed E-state index contributed by atoms with van der Waals surface area (Å²) in [6.45, 7) is 0. The molecular weight excluding hydrogens is 290 g/mol. The maximum absolute atomic E-state index is 12.3. The van der Waals surface area contributed by atoms with Crippen molar-refractivity contribution in [1.29, 1.82) is 0 Å². The summed E-state index contributed by atoms with van der Waals surface area (Å²) >= 11 is 0. The van der Waals surface area contributed by atoms with E-state index in [0.717, 1.165) is 0 Å². The highest BCUT2D eigenvalue weighted by molar-refractivity contribution is 5.96. The number of nitrogens with one attached hydrogen (secondary N) is 1. The first kappa shape index (κ1) is 15.3. The molecule has 4 nitrogen and oxygen atoms in total. The molecule has 0 spiro atoms. The topological polar surface area (TPSA) is 66.4 Å². The largest absolute Gasteiger partial charge is 0.479 e. The van der Waals surface area contributed by atoms with Crippen molar-refractivity contribution < 1.29 is 14.7 Å². The van der Waals surface area contributed by atoms with Gasteiger partial charge >= 0.3 is 5.97 Å². The molecule has 0 bridgehead atoms. The van der Waals surface area contributed by atoms with Gasteiger partial charge in [-0.15, -0.1) is 0 Å². The predicted octanol–water partition coefficient (Wildman–Crippen LogP) is 3.51. The number of amides is 1. The highest BCUT2D eigenvalue weighted by atomic mass is 16.4. The highest BCUT2D eigenvalue weighted by Crippen LogP contribution is 2.36. The van der Waals surface area contributed by atoms with E-state index < -0.39 is 12.0 Å². The third-order valence-corrected chi connectivity index (χ3v) is 4.40. The van der Waals surface area contributed by atoms with Crippen LogP contribution < -0.4 is 5.32 Å². The number of carboxylic acids is 1. The van der Waals surface area contributed by atoms with Gasteiger partial charge in [0.25, 0.3) is 5.91 Å². The molecule has 2 aromatic carbocycles. The number of benzene rings is 2. The third-order valence-electron chi connectivity index (χ3n) is 4.40. The molecule has 23 heavy (non-hydrogen) atoms. The lowest BCUT2D eigenvalue weighted by Gasteiger charge is -2.25. The number of carboxylic acid groups (broad SMARTS) is 1. The first-order valence-electron chi connectivity index (χ1n) is 7.84.